The van der Waals surface area contributed by atoms with Gasteiger partial charge in [0.05, 0.1) is 6.10 Å². The number of hydrogen-bond donors (Lipinski definition) is 2. The number of nitrogens with zero attached hydrogens (tertiary/aromatic N) is 3. The monoisotopic (exact) mass is 278 g/mol. The molecule has 1 aliphatic heterocycles. The number of rotatable bonds is 4. The van der Waals surface area contributed by atoms with Gasteiger partial charge < -0.3 is 20.2 Å². The maximum atomic E-state index is 12.6. The highest BCUT2D eigenvalue weighted by Crippen LogP contribution is 2.21. The molecule has 6 nitrogen and oxygen atoms in total. The van der Waals surface area contributed by atoms with Crippen molar-refractivity contribution in [1.29, 1.82) is 0 Å². The molecule has 6 heteroatoms. The van der Waals surface area contributed by atoms with Gasteiger partial charge in [0.25, 0.3) is 5.91 Å². The lowest BCUT2D eigenvalue weighted by Gasteiger charge is -2.27. The van der Waals surface area contributed by atoms with Gasteiger partial charge in [-0.25, -0.2) is 4.98 Å². The Morgan fingerprint density at radius 2 is 2.35 bits per heavy atom. The molecule has 110 valence electrons. The number of β-amino-alcohol motifs (C(OH)–C–C–N with tert-alkyl or cyclic N) is 1. The van der Waals surface area contributed by atoms with Crippen LogP contribution in [0.3, 0.4) is 0 Å². The van der Waals surface area contributed by atoms with Gasteiger partial charge in [-0.3, -0.25) is 4.79 Å². The molecule has 0 bridgehead atoms. The van der Waals surface area contributed by atoms with Crippen molar-refractivity contribution in [2.45, 2.75) is 18.6 Å². The molecule has 0 saturated carbocycles. The predicted octanol–water partition coefficient (Wildman–Crippen LogP) is 0.260. The van der Waals surface area contributed by atoms with Crippen molar-refractivity contribution in [2.75, 3.05) is 39.5 Å². The number of hydrogen-bond acceptors (Lipinski definition) is 5. The van der Waals surface area contributed by atoms with Gasteiger partial charge in [0.1, 0.15) is 5.82 Å². The molecule has 0 spiro atoms. The zero-order chi connectivity index (χ0) is 14.7. The van der Waals surface area contributed by atoms with Gasteiger partial charge in [0, 0.05) is 37.9 Å². The second kappa shape index (κ2) is 6.19. The number of aliphatic hydroxyl groups is 1. The van der Waals surface area contributed by atoms with E-state index in [0.29, 0.717) is 24.3 Å². The zero-order valence-corrected chi connectivity index (χ0v) is 12.2. The third kappa shape index (κ3) is 3.26. The number of aromatic nitrogens is 1. The van der Waals surface area contributed by atoms with Gasteiger partial charge in [0.15, 0.2) is 0 Å². The summed E-state index contributed by atoms with van der Waals surface area (Å²) in [6.07, 6.45) is 1.81. The van der Waals surface area contributed by atoms with Gasteiger partial charge in [-0.1, -0.05) is 0 Å². The van der Waals surface area contributed by atoms with Gasteiger partial charge in [0.2, 0.25) is 0 Å². The van der Waals surface area contributed by atoms with E-state index < -0.39 is 6.10 Å². The van der Waals surface area contributed by atoms with E-state index >= 15 is 0 Å². The molecule has 2 N–H and O–H groups in total. The third-order valence-electron chi connectivity index (χ3n) is 3.49. The Hall–Kier alpha value is -1.66. The summed E-state index contributed by atoms with van der Waals surface area (Å²) in [5.41, 5.74) is 0.599. The number of carbonyl (C=O) groups excluding carboxylic acids is 1. The van der Waals surface area contributed by atoms with Crippen molar-refractivity contribution in [3.63, 3.8) is 0 Å². The molecule has 2 unspecified atom stereocenters. The summed E-state index contributed by atoms with van der Waals surface area (Å²) >= 11 is 0. The predicted molar refractivity (Wildman–Crippen MR) is 77.8 cm³/mol. The highest BCUT2D eigenvalue weighted by atomic mass is 16.3. The number of likely N-dealkylation sites (tertiary alicyclic amines) is 1. The number of aliphatic hydroxyl groups excluding tert-OH is 1. The second-order valence-electron chi connectivity index (χ2n) is 5.44. The van der Waals surface area contributed by atoms with Crippen LogP contribution in [0.2, 0.25) is 0 Å². The molecular formula is C14H22N4O2. The molecular weight excluding hydrogens is 256 g/mol. The van der Waals surface area contributed by atoms with Gasteiger partial charge in [-0.15, -0.1) is 0 Å². The van der Waals surface area contributed by atoms with Crippen LogP contribution in [0.25, 0.3) is 0 Å². The van der Waals surface area contributed by atoms with Crippen molar-refractivity contribution in [2.24, 2.45) is 0 Å². The molecule has 1 aromatic heterocycles. The quantitative estimate of drug-likeness (QED) is 0.827. The highest BCUT2D eigenvalue weighted by molar-refractivity contribution is 5.95. The van der Waals surface area contributed by atoms with Gasteiger partial charge in [-0.2, -0.15) is 0 Å². The highest BCUT2D eigenvalue weighted by Gasteiger charge is 2.34. The molecule has 1 aliphatic rings. The van der Waals surface area contributed by atoms with Crippen molar-refractivity contribution in [1.82, 2.24) is 14.8 Å². The summed E-state index contributed by atoms with van der Waals surface area (Å²) in [5.74, 6) is 0.618. The number of anilines is 1. The van der Waals surface area contributed by atoms with E-state index in [4.69, 9.17) is 0 Å². The van der Waals surface area contributed by atoms with Crippen LogP contribution in [-0.4, -0.2) is 72.2 Å². The van der Waals surface area contributed by atoms with Crippen molar-refractivity contribution in [3.05, 3.63) is 23.9 Å². The number of likely N-dealkylation sites (N-methyl/N-ethyl adjacent to an activating group) is 1. The average molecular weight is 278 g/mol. The standard InChI is InChI=1S/C14H22N4O2/c1-15-13-6-10(4-5-16-13)14(20)18-9-12(19)7-11(18)8-17(2)3/h4-6,11-12,19H,7-9H2,1-3H3,(H,15,16). The van der Waals surface area contributed by atoms with Crippen LogP contribution in [-0.2, 0) is 0 Å². The first-order valence-electron chi connectivity index (χ1n) is 6.79. The minimum Gasteiger partial charge on any atom is -0.391 e. The molecule has 2 atom stereocenters. The summed E-state index contributed by atoms with van der Waals surface area (Å²) in [7, 11) is 5.71. The summed E-state index contributed by atoms with van der Waals surface area (Å²) in [6, 6.07) is 3.50. The SMILES string of the molecule is CNc1cc(C(=O)N2CC(O)CC2CN(C)C)ccn1. The van der Waals surface area contributed by atoms with E-state index in [1.165, 1.54) is 0 Å². The van der Waals surface area contributed by atoms with Crippen molar-refractivity contribution < 1.29 is 9.90 Å². The minimum absolute atomic E-state index is 0.0488. The molecule has 1 fully saturated rings. The first-order valence-corrected chi connectivity index (χ1v) is 6.79. The Balaban J connectivity index is 2.17. The number of carbonyl (C=O) groups is 1. The first kappa shape index (κ1) is 14.7. The Kier molecular flexibility index (Phi) is 4.57. The van der Waals surface area contributed by atoms with E-state index in [1.54, 1.807) is 30.3 Å². The average Bonchev–Trinajstić information content (AvgIpc) is 2.78. The van der Waals surface area contributed by atoms with Gasteiger partial charge >= 0.3 is 0 Å². The fourth-order valence-electron chi connectivity index (χ4n) is 2.60. The fourth-order valence-corrected chi connectivity index (χ4v) is 2.60. The lowest BCUT2D eigenvalue weighted by atomic mass is 10.1. The van der Waals surface area contributed by atoms with E-state index in [9.17, 15) is 9.90 Å². The fraction of sp³-hybridized carbons (Fsp3) is 0.571. The van der Waals surface area contributed by atoms with Crippen LogP contribution in [0.1, 0.15) is 16.8 Å². The summed E-state index contributed by atoms with van der Waals surface area (Å²) in [4.78, 5) is 20.5. The number of nitrogens with one attached hydrogen (secondary N) is 1. The van der Waals surface area contributed by atoms with E-state index in [1.807, 2.05) is 19.0 Å². The normalized spacial score (nSPS) is 22.4. The molecule has 1 aromatic rings. The Morgan fingerprint density at radius 3 is 3.00 bits per heavy atom. The molecule has 0 aromatic carbocycles. The van der Waals surface area contributed by atoms with Crippen LogP contribution in [0, 0.1) is 0 Å². The van der Waals surface area contributed by atoms with Crippen LogP contribution in [0.5, 0.6) is 0 Å². The number of pyridine rings is 1. The van der Waals surface area contributed by atoms with Gasteiger partial charge in [-0.05, 0) is 32.6 Å². The van der Waals surface area contributed by atoms with Crippen molar-refractivity contribution >= 4 is 11.7 Å². The van der Waals surface area contributed by atoms with Crippen molar-refractivity contribution in [3.8, 4) is 0 Å². The molecule has 2 rings (SSSR count). The lowest BCUT2D eigenvalue weighted by Crippen LogP contribution is -2.41. The van der Waals surface area contributed by atoms with Crippen LogP contribution in [0.4, 0.5) is 5.82 Å². The van der Waals surface area contributed by atoms with Crippen LogP contribution in [0.15, 0.2) is 18.3 Å². The largest absolute Gasteiger partial charge is 0.391 e. The lowest BCUT2D eigenvalue weighted by molar-refractivity contribution is 0.0699. The van der Waals surface area contributed by atoms with Crippen LogP contribution < -0.4 is 5.32 Å². The Morgan fingerprint density at radius 1 is 1.60 bits per heavy atom. The maximum absolute atomic E-state index is 12.6. The zero-order valence-electron chi connectivity index (χ0n) is 12.2. The van der Waals surface area contributed by atoms with Crippen LogP contribution >= 0.6 is 0 Å². The molecule has 2 heterocycles. The minimum atomic E-state index is -0.436. The Labute approximate surface area is 119 Å². The third-order valence-corrected chi connectivity index (χ3v) is 3.49. The Bertz CT molecular complexity index is 478. The molecule has 0 aliphatic carbocycles. The maximum Gasteiger partial charge on any atom is 0.254 e. The smallest absolute Gasteiger partial charge is 0.254 e. The molecule has 20 heavy (non-hydrogen) atoms. The van der Waals surface area contributed by atoms with E-state index in [2.05, 4.69) is 10.3 Å². The van der Waals surface area contributed by atoms with E-state index in [-0.39, 0.29) is 11.9 Å². The first-order chi connectivity index (χ1) is 9.51. The topological polar surface area (TPSA) is 68.7 Å². The summed E-state index contributed by atoms with van der Waals surface area (Å²) < 4.78 is 0. The summed E-state index contributed by atoms with van der Waals surface area (Å²) in [5, 5.41) is 12.8. The second-order valence-corrected chi connectivity index (χ2v) is 5.44. The summed E-state index contributed by atoms with van der Waals surface area (Å²) in [6.45, 7) is 1.15. The molecule has 1 saturated heterocycles. The number of amides is 1. The molecule has 1 amide bonds. The molecule has 0 radical (unpaired) electrons. The van der Waals surface area contributed by atoms with E-state index in [0.717, 1.165) is 6.54 Å².